The van der Waals surface area contributed by atoms with Crippen LogP contribution in [0.3, 0.4) is 0 Å². The maximum Gasteiger partial charge on any atom is 0.143 e. The van der Waals surface area contributed by atoms with Crippen LogP contribution in [0.25, 0.3) is 5.57 Å². The topological polar surface area (TPSA) is 69.1 Å². The molecule has 98 valence electrons. The van der Waals surface area contributed by atoms with Crippen molar-refractivity contribution in [2.75, 3.05) is 6.54 Å². The van der Waals surface area contributed by atoms with E-state index in [0.29, 0.717) is 0 Å². The highest BCUT2D eigenvalue weighted by molar-refractivity contribution is 5.83. The van der Waals surface area contributed by atoms with Crippen LogP contribution >= 0.6 is 0 Å². The van der Waals surface area contributed by atoms with Gasteiger partial charge in [0.2, 0.25) is 0 Å². The monoisotopic (exact) mass is 246 g/mol. The number of hydrogen-bond acceptors (Lipinski definition) is 3. The molecule has 0 aliphatic rings. The highest BCUT2D eigenvalue weighted by atomic mass is 16.1. The molecule has 1 unspecified atom stereocenters. The maximum absolute atomic E-state index is 10.7. The fourth-order valence-electron chi connectivity index (χ4n) is 1.98. The number of rotatable bonds is 8. The third kappa shape index (κ3) is 4.82. The summed E-state index contributed by atoms with van der Waals surface area (Å²) in [5.74, 6) is 0. The van der Waals surface area contributed by atoms with Gasteiger partial charge >= 0.3 is 0 Å². The summed E-state index contributed by atoms with van der Waals surface area (Å²) in [4.78, 5) is 10.7. The summed E-state index contributed by atoms with van der Waals surface area (Å²) in [6.45, 7) is 0.727. The average molecular weight is 246 g/mol. The van der Waals surface area contributed by atoms with Gasteiger partial charge in [0.05, 0.1) is 0 Å². The number of aldehydes is 1. The van der Waals surface area contributed by atoms with Crippen LogP contribution in [-0.2, 0) is 4.79 Å². The Kier molecular flexibility index (Phi) is 6.99. The lowest BCUT2D eigenvalue weighted by molar-refractivity contribution is -0.104. The van der Waals surface area contributed by atoms with Gasteiger partial charge in [-0.1, -0.05) is 43.2 Å². The van der Waals surface area contributed by atoms with Crippen molar-refractivity contribution in [2.45, 2.75) is 31.7 Å². The first-order valence-electron chi connectivity index (χ1n) is 6.46. The molecule has 4 N–H and O–H groups in total. The Morgan fingerprint density at radius 2 is 1.89 bits per heavy atom. The summed E-state index contributed by atoms with van der Waals surface area (Å²) in [5.41, 5.74) is 13.6. The van der Waals surface area contributed by atoms with Crippen molar-refractivity contribution in [3.05, 3.63) is 42.0 Å². The lowest BCUT2D eigenvalue weighted by atomic mass is 9.95. The van der Waals surface area contributed by atoms with Crippen molar-refractivity contribution in [1.29, 1.82) is 0 Å². The highest BCUT2D eigenvalue weighted by Crippen LogP contribution is 2.20. The first-order valence-corrected chi connectivity index (χ1v) is 6.46. The SMILES string of the molecule is NCCCCCC(N)C(=CC=O)c1ccccc1. The molecule has 0 saturated heterocycles. The van der Waals surface area contributed by atoms with Gasteiger partial charge in [0.25, 0.3) is 0 Å². The molecule has 1 atom stereocenters. The number of unbranched alkanes of at least 4 members (excludes halogenated alkanes) is 2. The lowest BCUT2D eigenvalue weighted by Crippen LogP contribution is -2.22. The minimum absolute atomic E-state index is 0.0876. The molecule has 0 heterocycles. The number of carbonyl (C=O) groups excluding carboxylic acids is 1. The maximum atomic E-state index is 10.7. The average Bonchev–Trinajstić information content (AvgIpc) is 2.41. The van der Waals surface area contributed by atoms with E-state index in [1.165, 1.54) is 0 Å². The first kappa shape index (κ1) is 14.6. The number of nitrogens with two attached hydrogens (primary N) is 2. The predicted octanol–water partition coefficient (Wildman–Crippen LogP) is 2.12. The zero-order valence-corrected chi connectivity index (χ0v) is 10.7. The quantitative estimate of drug-likeness (QED) is 0.419. The molecule has 0 fully saturated rings. The highest BCUT2D eigenvalue weighted by Gasteiger charge is 2.10. The fraction of sp³-hybridized carbons (Fsp3) is 0.400. The number of hydrogen-bond donors (Lipinski definition) is 2. The summed E-state index contributed by atoms with van der Waals surface area (Å²) in [5, 5.41) is 0. The molecule has 0 amide bonds. The Morgan fingerprint density at radius 1 is 1.17 bits per heavy atom. The number of allylic oxidation sites excluding steroid dienone is 1. The summed E-state index contributed by atoms with van der Waals surface area (Å²) >= 11 is 0. The Morgan fingerprint density at radius 3 is 2.50 bits per heavy atom. The molecule has 18 heavy (non-hydrogen) atoms. The second-order valence-corrected chi connectivity index (χ2v) is 4.37. The van der Waals surface area contributed by atoms with E-state index in [9.17, 15) is 4.79 Å². The summed E-state index contributed by atoms with van der Waals surface area (Å²) in [6.07, 6.45) is 6.43. The van der Waals surface area contributed by atoms with Gasteiger partial charge < -0.3 is 11.5 Å². The molecule has 3 heteroatoms. The normalized spacial score (nSPS) is 13.3. The molecule has 1 aromatic rings. The summed E-state index contributed by atoms with van der Waals surface area (Å²) < 4.78 is 0. The van der Waals surface area contributed by atoms with Crippen LogP contribution in [0.4, 0.5) is 0 Å². The van der Waals surface area contributed by atoms with E-state index in [4.69, 9.17) is 11.5 Å². The van der Waals surface area contributed by atoms with Gasteiger partial charge in [0, 0.05) is 6.04 Å². The van der Waals surface area contributed by atoms with E-state index in [0.717, 1.165) is 49.7 Å². The fourth-order valence-corrected chi connectivity index (χ4v) is 1.98. The van der Waals surface area contributed by atoms with Crippen LogP contribution in [0.15, 0.2) is 36.4 Å². The summed E-state index contributed by atoms with van der Waals surface area (Å²) in [6, 6.07) is 9.73. The van der Waals surface area contributed by atoms with Crippen molar-refractivity contribution >= 4 is 11.9 Å². The second kappa shape index (κ2) is 8.61. The molecule has 3 nitrogen and oxygen atoms in total. The van der Waals surface area contributed by atoms with Crippen LogP contribution < -0.4 is 11.5 Å². The Hall–Kier alpha value is -1.45. The third-order valence-electron chi connectivity index (χ3n) is 2.97. The molecule has 0 radical (unpaired) electrons. The second-order valence-electron chi connectivity index (χ2n) is 4.37. The number of carbonyl (C=O) groups is 1. The minimum atomic E-state index is -0.0876. The summed E-state index contributed by atoms with van der Waals surface area (Å²) in [7, 11) is 0. The Balaban J connectivity index is 2.63. The van der Waals surface area contributed by atoms with Crippen molar-refractivity contribution in [3.8, 4) is 0 Å². The molecule has 0 aliphatic carbocycles. The molecule has 1 rings (SSSR count). The zero-order valence-electron chi connectivity index (χ0n) is 10.7. The number of benzene rings is 1. The molecule has 0 bridgehead atoms. The molecule has 0 spiro atoms. The zero-order chi connectivity index (χ0) is 13.2. The van der Waals surface area contributed by atoms with Gasteiger partial charge in [-0.2, -0.15) is 0 Å². The standard InChI is InChI=1S/C15H22N2O/c16-11-6-2-5-9-15(17)14(10-12-18)13-7-3-1-4-8-13/h1,3-4,7-8,10,12,15H,2,5-6,9,11,16-17H2. The smallest absolute Gasteiger partial charge is 0.143 e. The molecule has 1 aromatic carbocycles. The molecular formula is C15H22N2O. The van der Waals surface area contributed by atoms with Crippen LogP contribution in [-0.4, -0.2) is 18.9 Å². The molecular weight excluding hydrogens is 224 g/mol. The van der Waals surface area contributed by atoms with Gasteiger partial charge in [-0.25, -0.2) is 0 Å². The molecule has 0 aliphatic heterocycles. The lowest BCUT2D eigenvalue weighted by Gasteiger charge is -2.15. The van der Waals surface area contributed by atoms with E-state index < -0.39 is 0 Å². The van der Waals surface area contributed by atoms with Crippen molar-refractivity contribution < 1.29 is 4.79 Å². The van der Waals surface area contributed by atoms with Gasteiger partial charge in [-0.05, 0) is 36.6 Å². The van der Waals surface area contributed by atoms with Gasteiger partial charge in [0.1, 0.15) is 6.29 Å². The van der Waals surface area contributed by atoms with Crippen molar-refractivity contribution in [3.63, 3.8) is 0 Å². The van der Waals surface area contributed by atoms with E-state index in [1.807, 2.05) is 30.3 Å². The van der Waals surface area contributed by atoms with Crippen molar-refractivity contribution in [2.24, 2.45) is 11.5 Å². The van der Waals surface area contributed by atoms with Crippen LogP contribution in [0.5, 0.6) is 0 Å². The van der Waals surface area contributed by atoms with Gasteiger partial charge in [-0.3, -0.25) is 4.79 Å². The predicted molar refractivity (Wildman–Crippen MR) is 76.0 cm³/mol. The van der Waals surface area contributed by atoms with E-state index >= 15 is 0 Å². The molecule has 0 saturated carbocycles. The van der Waals surface area contributed by atoms with Gasteiger partial charge in [-0.15, -0.1) is 0 Å². The van der Waals surface area contributed by atoms with E-state index in [-0.39, 0.29) is 6.04 Å². The molecule has 0 aromatic heterocycles. The third-order valence-corrected chi connectivity index (χ3v) is 2.97. The van der Waals surface area contributed by atoms with Crippen LogP contribution in [0.2, 0.25) is 0 Å². The van der Waals surface area contributed by atoms with Crippen molar-refractivity contribution in [1.82, 2.24) is 0 Å². The first-order chi connectivity index (χ1) is 8.79. The van der Waals surface area contributed by atoms with Gasteiger partial charge in [0.15, 0.2) is 0 Å². The van der Waals surface area contributed by atoms with E-state index in [1.54, 1.807) is 6.08 Å². The van der Waals surface area contributed by atoms with Crippen LogP contribution in [0, 0.1) is 0 Å². The minimum Gasteiger partial charge on any atom is -0.330 e. The van der Waals surface area contributed by atoms with E-state index in [2.05, 4.69) is 0 Å². The van der Waals surface area contributed by atoms with Crippen LogP contribution in [0.1, 0.15) is 31.2 Å². The Labute approximate surface area is 109 Å². The Bertz CT molecular complexity index is 373. The largest absolute Gasteiger partial charge is 0.330 e.